The lowest BCUT2D eigenvalue weighted by molar-refractivity contribution is -0.120. The van der Waals surface area contributed by atoms with E-state index in [4.69, 9.17) is 11.6 Å². The zero-order chi connectivity index (χ0) is 19.4. The van der Waals surface area contributed by atoms with Crippen molar-refractivity contribution in [2.45, 2.75) is 24.2 Å². The number of carbonyl (C=O) groups is 1. The minimum absolute atomic E-state index is 0.0588. The number of phenolic OH excluding ortho intramolecular Hbond substituents is 1. The highest BCUT2D eigenvalue weighted by Crippen LogP contribution is 2.29. The van der Waals surface area contributed by atoms with E-state index in [0.717, 1.165) is 12.8 Å². The second-order valence-corrected chi connectivity index (χ2v) is 8.38. The van der Waals surface area contributed by atoms with Crippen molar-refractivity contribution in [3.63, 3.8) is 0 Å². The third-order valence-electron chi connectivity index (χ3n) is 4.25. The van der Waals surface area contributed by atoms with E-state index in [-0.39, 0.29) is 28.2 Å². The predicted octanol–water partition coefficient (Wildman–Crippen LogP) is 4.14. The van der Waals surface area contributed by atoms with Crippen LogP contribution in [0.3, 0.4) is 0 Å². The average molecular weight is 407 g/mol. The standard InChI is InChI=1S/C19H19ClN2O4S/c20-14-7-4-8-15(11-14)22-27(25,26)16-9-10-18(23)17(12-16)21-19(24)13-5-2-1-3-6-13/h1-2,4,7-13,22-23H,3,5-6H2,(H,21,24). The van der Waals surface area contributed by atoms with E-state index in [1.807, 2.05) is 12.2 Å². The van der Waals surface area contributed by atoms with Crippen LogP contribution < -0.4 is 10.0 Å². The second-order valence-electron chi connectivity index (χ2n) is 6.27. The number of hydrogen-bond acceptors (Lipinski definition) is 4. The first kappa shape index (κ1) is 19.3. The lowest BCUT2D eigenvalue weighted by Crippen LogP contribution is -2.23. The quantitative estimate of drug-likeness (QED) is 0.513. The molecule has 0 saturated carbocycles. The average Bonchev–Trinajstić information content (AvgIpc) is 2.63. The van der Waals surface area contributed by atoms with E-state index in [2.05, 4.69) is 10.0 Å². The molecule has 6 nitrogen and oxygen atoms in total. The van der Waals surface area contributed by atoms with Crippen molar-refractivity contribution >= 4 is 38.9 Å². The van der Waals surface area contributed by atoms with Gasteiger partial charge in [-0.2, -0.15) is 0 Å². The number of rotatable bonds is 5. The van der Waals surface area contributed by atoms with Crippen molar-refractivity contribution in [3.05, 3.63) is 59.6 Å². The number of benzene rings is 2. The van der Waals surface area contributed by atoms with E-state index in [0.29, 0.717) is 17.1 Å². The van der Waals surface area contributed by atoms with Crippen LogP contribution in [-0.4, -0.2) is 19.4 Å². The smallest absolute Gasteiger partial charge is 0.261 e. The number of aromatic hydroxyl groups is 1. The van der Waals surface area contributed by atoms with Crippen molar-refractivity contribution in [2.75, 3.05) is 10.0 Å². The largest absolute Gasteiger partial charge is 0.506 e. The number of hydrogen-bond donors (Lipinski definition) is 3. The number of nitrogens with one attached hydrogen (secondary N) is 2. The fourth-order valence-corrected chi connectivity index (χ4v) is 4.08. The maximum Gasteiger partial charge on any atom is 0.261 e. The number of carbonyl (C=O) groups excluding carboxylic acids is 1. The Hall–Kier alpha value is -2.51. The lowest BCUT2D eigenvalue weighted by Gasteiger charge is -2.18. The van der Waals surface area contributed by atoms with Gasteiger partial charge in [0, 0.05) is 10.9 Å². The van der Waals surface area contributed by atoms with Crippen molar-refractivity contribution in [1.82, 2.24) is 0 Å². The number of sulfonamides is 1. The monoisotopic (exact) mass is 406 g/mol. The molecule has 1 aliphatic rings. The van der Waals surface area contributed by atoms with Crippen LogP contribution >= 0.6 is 11.6 Å². The van der Waals surface area contributed by atoms with Gasteiger partial charge in [0.15, 0.2) is 0 Å². The van der Waals surface area contributed by atoms with E-state index in [9.17, 15) is 18.3 Å². The van der Waals surface area contributed by atoms with Gasteiger partial charge in [0.25, 0.3) is 10.0 Å². The van der Waals surface area contributed by atoms with Gasteiger partial charge in [0.2, 0.25) is 5.91 Å². The molecule has 0 heterocycles. The highest BCUT2D eigenvalue weighted by molar-refractivity contribution is 7.92. The highest BCUT2D eigenvalue weighted by atomic mass is 35.5. The number of anilines is 2. The Bertz CT molecular complexity index is 989. The van der Waals surface area contributed by atoms with Gasteiger partial charge in [-0.3, -0.25) is 9.52 Å². The number of halogens is 1. The molecule has 3 rings (SSSR count). The maximum atomic E-state index is 12.6. The first-order valence-electron chi connectivity index (χ1n) is 8.42. The summed E-state index contributed by atoms with van der Waals surface area (Å²) in [6.45, 7) is 0. The molecule has 1 atom stereocenters. The molecular formula is C19H19ClN2O4S. The molecule has 2 aromatic carbocycles. The molecule has 0 bridgehead atoms. The van der Waals surface area contributed by atoms with E-state index in [1.165, 1.54) is 24.3 Å². The summed E-state index contributed by atoms with van der Waals surface area (Å²) < 4.78 is 27.6. The summed E-state index contributed by atoms with van der Waals surface area (Å²) in [7, 11) is -3.91. The Labute approximate surface area is 162 Å². The van der Waals surface area contributed by atoms with Gasteiger partial charge in [-0.05, 0) is 55.7 Å². The van der Waals surface area contributed by atoms with Crippen LogP contribution in [0.25, 0.3) is 0 Å². The van der Waals surface area contributed by atoms with Crippen LogP contribution in [-0.2, 0) is 14.8 Å². The third-order valence-corrected chi connectivity index (χ3v) is 5.87. The van der Waals surface area contributed by atoms with Gasteiger partial charge in [-0.1, -0.05) is 29.8 Å². The molecule has 8 heteroatoms. The van der Waals surface area contributed by atoms with E-state index < -0.39 is 10.0 Å². The van der Waals surface area contributed by atoms with E-state index >= 15 is 0 Å². The second kappa shape index (κ2) is 8.02. The topological polar surface area (TPSA) is 95.5 Å². The zero-order valence-electron chi connectivity index (χ0n) is 14.4. The summed E-state index contributed by atoms with van der Waals surface area (Å²) in [4.78, 5) is 12.3. The Kier molecular flexibility index (Phi) is 5.72. The van der Waals surface area contributed by atoms with Crippen LogP contribution in [0.4, 0.5) is 11.4 Å². The van der Waals surface area contributed by atoms with Crippen LogP contribution in [0.15, 0.2) is 59.5 Å². The maximum absolute atomic E-state index is 12.6. The highest BCUT2D eigenvalue weighted by Gasteiger charge is 2.21. The fraction of sp³-hybridized carbons (Fsp3) is 0.211. The summed E-state index contributed by atoms with van der Waals surface area (Å²) in [5.74, 6) is -0.636. The van der Waals surface area contributed by atoms with Crippen LogP contribution in [0.2, 0.25) is 5.02 Å². The van der Waals surface area contributed by atoms with Gasteiger partial charge < -0.3 is 10.4 Å². The molecule has 142 valence electrons. The van der Waals surface area contributed by atoms with Gasteiger partial charge in [0.1, 0.15) is 5.75 Å². The van der Waals surface area contributed by atoms with Crippen molar-refractivity contribution in [1.29, 1.82) is 0 Å². The van der Waals surface area contributed by atoms with Gasteiger partial charge in [0.05, 0.1) is 16.3 Å². The zero-order valence-corrected chi connectivity index (χ0v) is 15.9. The summed E-state index contributed by atoms with van der Waals surface area (Å²) in [5, 5.41) is 13.0. The van der Waals surface area contributed by atoms with Crippen molar-refractivity contribution in [3.8, 4) is 5.75 Å². The molecule has 0 radical (unpaired) electrons. The van der Waals surface area contributed by atoms with Crippen LogP contribution in [0.1, 0.15) is 19.3 Å². The number of amides is 1. The molecule has 27 heavy (non-hydrogen) atoms. The Morgan fingerprint density at radius 3 is 2.67 bits per heavy atom. The Balaban J connectivity index is 1.81. The molecule has 3 N–H and O–H groups in total. The van der Waals surface area contributed by atoms with Crippen molar-refractivity contribution < 1.29 is 18.3 Å². The molecule has 0 spiro atoms. The third kappa shape index (κ3) is 4.81. The molecule has 0 aliphatic heterocycles. The van der Waals surface area contributed by atoms with Crippen molar-refractivity contribution in [2.24, 2.45) is 5.92 Å². The molecule has 1 aliphatic carbocycles. The summed E-state index contributed by atoms with van der Waals surface area (Å²) >= 11 is 5.88. The van der Waals surface area contributed by atoms with Gasteiger partial charge in [-0.25, -0.2) is 8.42 Å². The molecule has 0 aromatic heterocycles. The number of phenols is 1. The first-order valence-corrected chi connectivity index (χ1v) is 10.3. The normalized spacial score (nSPS) is 16.7. The fourth-order valence-electron chi connectivity index (χ4n) is 2.82. The molecule has 0 fully saturated rings. The summed E-state index contributed by atoms with van der Waals surface area (Å²) in [6, 6.07) is 10.1. The molecular weight excluding hydrogens is 388 g/mol. The molecule has 1 amide bonds. The Morgan fingerprint density at radius 1 is 1.15 bits per heavy atom. The van der Waals surface area contributed by atoms with E-state index in [1.54, 1.807) is 18.2 Å². The Morgan fingerprint density at radius 2 is 1.96 bits per heavy atom. The number of allylic oxidation sites excluding steroid dienone is 2. The minimum Gasteiger partial charge on any atom is -0.506 e. The summed E-state index contributed by atoms with van der Waals surface area (Å²) in [5.41, 5.74) is 0.374. The van der Waals surface area contributed by atoms with Crippen LogP contribution in [0, 0.1) is 5.92 Å². The van der Waals surface area contributed by atoms with Gasteiger partial charge in [-0.15, -0.1) is 0 Å². The summed E-state index contributed by atoms with van der Waals surface area (Å²) in [6.07, 6.45) is 6.14. The SMILES string of the molecule is O=C(Nc1cc(S(=O)(=O)Nc2cccc(Cl)c2)ccc1O)C1CC=CCC1. The van der Waals surface area contributed by atoms with Crippen LogP contribution in [0.5, 0.6) is 5.75 Å². The first-order chi connectivity index (χ1) is 12.8. The minimum atomic E-state index is -3.91. The van der Waals surface area contributed by atoms with Gasteiger partial charge >= 0.3 is 0 Å². The molecule has 1 unspecified atom stereocenters. The molecule has 2 aromatic rings. The molecule has 0 saturated heterocycles. The predicted molar refractivity (Wildman–Crippen MR) is 105 cm³/mol. The lowest BCUT2D eigenvalue weighted by atomic mass is 9.93.